The number of carbonyl (C=O) groups is 1. The van der Waals surface area contributed by atoms with E-state index in [-0.39, 0.29) is 17.9 Å². The third-order valence-electron chi connectivity index (χ3n) is 3.96. The number of carbonyl (C=O) groups excluding carboxylic acids is 1. The van der Waals surface area contributed by atoms with E-state index < -0.39 is 0 Å². The number of hydrogen-bond donors (Lipinski definition) is 2. The van der Waals surface area contributed by atoms with Gasteiger partial charge in [0.25, 0.3) is 0 Å². The minimum Gasteiger partial charge on any atom is -0.344 e. The summed E-state index contributed by atoms with van der Waals surface area (Å²) in [5, 5.41) is 6.92. The lowest BCUT2D eigenvalue weighted by molar-refractivity contribution is -0.125. The maximum atomic E-state index is 11.8. The molecular formula is C14H24N4O2. The lowest BCUT2D eigenvalue weighted by atomic mass is 9.89. The largest absolute Gasteiger partial charge is 0.344 e. The van der Waals surface area contributed by atoms with Crippen LogP contribution in [0.5, 0.6) is 0 Å². The van der Waals surface area contributed by atoms with E-state index in [1.165, 1.54) is 19.3 Å². The van der Waals surface area contributed by atoms with Crippen molar-refractivity contribution in [1.29, 1.82) is 0 Å². The number of nitrogens with zero attached hydrogens (tertiary/aromatic N) is 2. The Morgan fingerprint density at radius 2 is 2.10 bits per heavy atom. The molecule has 0 bridgehead atoms. The van der Waals surface area contributed by atoms with Crippen molar-refractivity contribution in [1.82, 2.24) is 15.5 Å². The van der Waals surface area contributed by atoms with Crippen LogP contribution < -0.4 is 11.1 Å². The van der Waals surface area contributed by atoms with Crippen LogP contribution in [0.3, 0.4) is 0 Å². The maximum absolute atomic E-state index is 11.8. The Balaban J connectivity index is 1.95. The smallest absolute Gasteiger partial charge is 0.248 e. The summed E-state index contributed by atoms with van der Waals surface area (Å²) in [5.41, 5.74) is 5.48. The first-order valence-corrected chi connectivity index (χ1v) is 7.45. The molecule has 2 unspecified atom stereocenters. The quantitative estimate of drug-likeness (QED) is 0.859. The van der Waals surface area contributed by atoms with E-state index in [9.17, 15) is 4.79 Å². The van der Waals surface area contributed by atoms with Gasteiger partial charge in [-0.2, -0.15) is 4.98 Å². The Bertz CT molecular complexity index is 440. The molecule has 1 aliphatic carbocycles. The second-order valence-electron chi connectivity index (χ2n) is 5.69. The normalized spacial score (nSPS) is 19.6. The van der Waals surface area contributed by atoms with Crippen LogP contribution in [0.4, 0.5) is 0 Å². The van der Waals surface area contributed by atoms with E-state index >= 15 is 0 Å². The number of amides is 1. The van der Waals surface area contributed by atoms with Gasteiger partial charge < -0.3 is 15.6 Å². The van der Waals surface area contributed by atoms with Gasteiger partial charge >= 0.3 is 0 Å². The number of rotatable bonds is 5. The molecule has 1 saturated carbocycles. The summed E-state index contributed by atoms with van der Waals surface area (Å²) in [5.74, 6) is 1.37. The molecular weight excluding hydrogens is 256 g/mol. The monoisotopic (exact) mass is 280 g/mol. The average Bonchev–Trinajstić information content (AvgIpc) is 2.97. The van der Waals surface area contributed by atoms with Crippen molar-refractivity contribution in [2.75, 3.05) is 6.54 Å². The highest BCUT2D eigenvalue weighted by Gasteiger charge is 2.24. The van der Waals surface area contributed by atoms with E-state index in [1.807, 2.05) is 6.92 Å². The Morgan fingerprint density at radius 1 is 1.40 bits per heavy atom. The van der Waals surface area contributed by atoms with Crippen molar-refractivity contribution in [2.24, 2.45) is 11.7 Å². The fourth-order valence-corrected chi connectivity index (χ4v) is 2.47. The molecule has 20 heavy (non-hydrogen) atoms. The summed E-state index contributed by atoms with van der Waals surface area (Å²) in [6.45, 7) is 3.97. The molecule has 0 aromatic carbocycles. The number of nitrogens with two attached hydrogens (primary N) is 1. The first kappa shape index (κ1) is 15.0. The summed E-state index contributed by atoms with van der Waals surface area (Å²) < 4.78 is 5.29. The van der Waals surface area contributed by atoms with Gasteiger partial charge in [0.2, 0.25) is 11.8 Å². The van der Waals surface area contributed by atoms with Crippen LogP contribution in [0.15, 0.2) is 4.52 Å². The molecule has 1 aromatic rings. The van der Waals surface area contributed by atoms with Crippen LogP contribution >= 0.6 is 0 Å². The second-order valence-corrected chi connectivity index (χ2v) is 5.69. The Labute approximate surface area is 119 Å². The molecule has 1 heterocycles. The molecule has 1 fully saturated rings. The maximum Gasteiger partial charge on any atom is 0.248 e. The van der Waals surface area contributed by atoms with E-state index in [0.717, 1.165) is 18.7 Å². The van der Waals surface area contributed by atoms with Gasteiger partial charge in [0, 0.05) is 18.4 Å². The molecule has 2 atom stereocenters. The summed E-state index contributed by atoms with van der Waals surface area (Å²) in [7, 11) is 0. The SMILES string of the molecule is CC(CN)C(=O)NC(C)c1nc(C2CCCCC2)no1. The molecule has 1 aliphatic rings. The molecule has 6 heteroatoms. The summed E-state index contributed by atoms with van der Waals surface area (Å²) in [4.78, 5) is 16.2. The van der Waals surface area contributed by atoms with Crippen LogP contribution in [0.2, 0.25) is 0 Å². The van der Waals surface area contributed by atoms with Crippen molar-refractivity contribution in [2.45, 2.75) is 57.9 Å². The molecule has 1 aromatic heterocycles. The lowest BCUT2D eigenvalue weighted by Crippen LogP contribution is -2.35. The lowest BCUT2D eigenvalue weighted by Gasteiger charge is -2.17. The molecule has 6 nitrogen and oxygen atoms in total. The van der Waals surface area contributed by atoms with Crippen molar-refractivity contribution in [3.05, 3.63) is 11.7 Å². The van der Waals surface area contributed by atoms with Crippen molar-refractivity contribution in [3.8, 4) is 0 Å². The summed E-state index contributed by atoms with van der Waals surface area (Å²) >= 11 is 0. The molecule has 0 spiro atoms. The minimum atomic E-state index is -0.277. The zero-order chi connectivity index (χ0) is 14.5. The van der Waals surface area contributed by atoms with Crippen molar-refractivity contribution >= 4 is 5.91 Å². The molecule has 1 amide bonds. The molecule has 0 radical (unpaired) electrons. The van der Waals surface area contributed by atoms with Crippen LogP contribution in [0.25, 0.3) is 0 Å². The van der Waals surface area contributed by atoms with Crippen LogP contribution in [-0.2, 0) is 4.79 Å². The highest BCUT2D eigenvalue weighted by molar-refractivity contribution is 5.78. The van der Waals surface area contributed by atoms with Crippen LogP contribution in [0.1, 0.15) is 69.6 Å². The molecule has 3 N–H and O–H groups in total. The molecule has 0 saturated heterocycles. The first-order valence-electron chi connectivity index (χ1n) is 7.45. The Morgan fingerprint density at radius 3 is 2.75 bits per heavy atom. The predicted octanol–water partition coefficient (Wildman–Crippen LogP) is 1.89. The van der Waals surface area contributed by atoms with Crippen molar-refractivity contribution < 1.29 is 9.32 Å². The van der Waals surface area contributed by atoms with Crippen LogP contribution in [0, 0.1) is 5.92 Å². The first-order chi connectivity index (χ1) is 9.61. The molecule has 0 aliphatic heterocycles. The van der Waals surface area contributed by atoms with E-state index in [1.54, 1.807) is 6.92 Å². The highest BCUT2D eigenvalue weighted by atomic mass is 16.5. The zero-order valence-electron chi connectivity index (χ0n) is 12.3. The van der Waals surface area contributed by atoms with Gasteiger partial charge in [-0.3, -0.25) is 4.79 Å². The van der Waals surface area contributed by atoms with Gasteiger partial charge in [0.1, 0.15) is 6.04 Å². The second kappa shape index (κ2) is 6.83. The van der Waals surface area contributed by atoms with Gasteiger partial charge in [-0.1, -0.05) is 31.3 Å². The van der Waals surface area contributed by atoms with Gasteiger partial charge in [-0.15, -0.1) is 0 Å². The van der Waals surface area contributed by atoms with Crippen LogP contribution in [-0.4, -0.2) is 22.6 Å². The van der Waals surface area contributed by atoms with Gasteiger partial charge in [-0.25, -0.2) is 0 Å². The standard InChI is InChI=1S/C14H24N4O2/c1-9(8-15)13(19)16-10(2)14-17-12(18-20-14)11-6-4-3-5-7-11/h9-11H,3-8,15H2,1-2H3,(H,16,19). The third-order valence-corrected chi connectivity index (χ3v) is 3.96. The fourth-order valence-electron chi connectivity index (χ4n) is 2.47. The van der Waals surface area contributed by atoms with Crippen molar-refractivity contribution in [3.63, 3.8) is 0 Å². The predicted molar refractivity (Wildman–Crippen MR) is 74.9 cm³/mol. The summed E-state index contributed by atoms with van der Waals surface area (Å²) in [6, 6.07) is -0.277. The highest BCUT2D eigenvalue weighted by Crippen LogP contribution is 2.31. The summed E-state index contributed by atoms with van der Waals surface area (Å²) in [6.07, 6.45) is 6.02. The Kier molecular flexibility index (Phi) is 5.11. The van der Waals surface area contributed by atoms with E-state index in [0.29, 0.717) is 18.4 Å². The van der Waals surface area contributed by atoms with Gasteiger partial charge in [0.15, 0.2) is 5.82 Å². The average molecular weight is 280 g/mol. The minimum absolute atomic E-state index is 0.0857. The topological polar surface area (TPSA) is 94.0 Å². The third kappa shape index (κ3) is 3.56. The fraction of sp³-hybridized carbons (Fsp3) is 0.786. The zero-order valence-corrected chi connectivity index (χ0v) is 12.3. The Hall–Kier alpha value is -1.43. The number of aromatic nitrogens is 2. The number of nitrogens with one attached hydrogen (secondary N) is 1. The van der Waals surface area contributed by atoms with Gasteiger partial charge in [0.05, 0.1) is 0 Å². The van der Waals surface area contributed by atoms with E-state index in [4.69, 9.17) is 10.3 Å². The van der Waals surface area contributed by atoms with Gasteiger partial charge in [-0.05, 0) is 19.8 Å². The van der Waals surface area contributed by atoms with E-state index in [2.05, 4.69) is 15.5 Å². The number of hydrogen-bond acceptors (Lipinski definition) is 5. The molecule has 112 valence electrons. The molecule has 2 rings (SSSR count).